The summed E-state index contributed by atoms with van der Waals surface area (Å²) in [6, 6.07) is 4.10. The highest BCUT2D eigenvalue weighted by Gasteiger charge is 1.98. The average Bonchev–Trinajstić information content (AvgIpc) is 2.47. The molecule has 5 nitrogen and oxygen atoms in total. The van der Waals surface area contributed by atoms with Gasteiger partial charge in [0.2, 0.25) is 0 Å². The van der Waals surface area contributed by atoms with Gasteiger partial charge in [-0.15, -0.1) is 0 Å². The predicted molar refractivity (Wildman–Crippen MR) is 83.1 cm³/mol. The second-order valence-electron chi connectivity index (χ2n) is 5.34. The first-order chi connectivity index (χ1) is 10.2. The van der Waals surface area contributed by atoms with E-state index in [0.717, 1.165) is 18.8 Å². The van der Waals surface area contributed by atoms with Crippen molar-refractivity contribution in [1.29, 1.82) is 0 Å². The van der Waals surface area contributed by atoms with Crippen LogP contribution in [0.25, 0.3) is 0 Å². The van der Waals surface area contributed by atoms with Crippen molar-refractivity contribution < 1.29 is 14.2 Å². The van der Waals surface area contributed by atoms with Crippen LogP contribution < -0.4 is 5.32 Å². The van der Waals surface area contributed by atoms with Crippen LogP contribution in [0.5, 0.6) is 0 Å². The van der Waals surface area contributed by atoms with E-state index in [-0.39, 0.29) is 0 Å². The van der Waals surface area contributed by atoms with E-state index < -0.39 is 0 Å². The Morgan fingerprint density at radius 1 is 1.10 bits per heavy atom. The number of ether oxygens (including phenoxy) is 3. The number of nitrogens with zero attached hydrogens (tertiary/aromatic N) is 1. The van der Waals surface area contributed by atoms with Gasteiger partial charge in [0, 0.05) is 19.9 Å². The average molecular weight is 296 g/mol. The molecule has 0 aliphatic heterocycles. The molecular formula is C16H28N2O3. The summed E-state index contributed by atoms with van der Waals surface area (Å²) in [5.41, 5.74) is 2.14. The Balaban J connectivity index is 2.10. The molecule has 0 bridgehead atoms. The Morgan fingerprint density at radius 2 is 1.86 bits per heavy atom. The maximum atomic E-state index is 5.51. The summed E-state index contributed by atoms with van der Waals surface area (Å²) in [5, 5.41) is 3.40. The maximum absolute atomic E-state index is 5.51. The molecule has 0 amide bonds. The van der Waals surface area contributed by atoms with Crippen molar-refractivity contribution in [2.24, 2.45) is 5.92 Å². The van der Waals surface area contributed by atoms with E-state index >= 15 is 0 Å². The van der Waals surface area contributed by atoms with Crippen LogP contribution in [0, 0.1) is 5.92 Å². The molecule has 0 fully saturated rings. The molecule has 1 aromatic rings. The molecular weight excluding hydrogens is 268 g/mol. The van der Waals surface area contributed by atoms with Crippen molar-refractivity contribution in [2.75, 3.05) is 40.1 Å². The predicted octanol–water partition coefficient (Wildman–Crippen LogP) is 2.01. The Bertz CT molecular complexity index is 355. The third-order valence-corrected chi connectivity index (χ3v) is 2.82. The largest absolute Gasteiger partial charge is 0.382 e. The number of pyridine rings is 1. The van der Waals surface area contributed by atoms with Crippen LogP contribution in [0.2, 0.25) is 0 Å². The molecule has 0 radical (unpaired) electrons. The highest BCUT2D eigenvalue weighted by atomic mass is 16.5. The monoisotopic (exact) mass is 296 g/mol. The minimum atomic E-state index is 0.521. The van der Waals surface area contributed by atoms with Gasteiger partial charge in [-0.3, -0.25) is 4.98 Å². The highest BCUT2D eigenvalue weighted by Crippen LogP contribution is 2.02. The zero-order chi connectivity index (χ0) is 15.3. The number of aromatic nitrogens is 1. The van der Waals surface area contributed by atoms with Gasteiger partial charge < -0.3 is 19.5 Å². The van der Waals surface area contributed by atoms with E-state index in [4.69, 9.17) is 14.2 Å². The van der Waals surface area contributed by atoms with Crippen molar-refractivity contribution in [1.82, 2.24) is 10.3 Å². The fourth-order valence-corrected chi connectivity index (χ4v) is 1.69. The Labute approximate surface area is 128 Å². The summed E-state index contributed by atoms with van der Waals surface area (Å²) in [6.45, 7) is 9.18. The smallest absolute Gasteiger partial charge is 0.0889 e. The van der Waals surface area contributed by atoms with Gasteiger partial charge in [0.25, 0.3) is 0 Å². The first-order valence-corrected chi connectivity index (χ1v) is 7.51. The third kappa shape index (κ3) is 9.52. The second kappa shape index (κ2) is 11.6. The van der Waals surface area contributed by atoms with E-state index in [1.54, 1.807) is 7.11 Å². The standard InChI is InChI=1S/C16H28N2O3/c1-14(2)10-17-11-15-4-5-16(18-12-15)13-21-9-8-20-7-6-19-3/h4-5,12,14,17H,6-11,13H2,1-3H3. The third-order valence-electron chi connectivity index (χ3n) is 2.82. The molecule has 1 aromatic heterocycles. The van der Waals surface area contributed by atoms with Gasteiger partial charge >= 0.3 is 0 Å². The molecule has 0 saturated heterocycles. The number of nitrogens with one attached hydrogen (secondary N) is 1. The molecule has 0 spiro atoms. The first-order valence-electron chi connectivity index (χ1n) is 7.51. The molecule has 5 heteroatoms. The Hall–Kier alpha value is -1.01. The van der Waals surface area contributed by atoms with Crippen LogP contribution in [0.4, 0.5) is 0 Å². The lowest BCUT2D eigenvalue weighted by atomic mass is 10.2. The van der Waals surface area contributed by atoms with Crippen LogP contribution in [0.1, 0.15) is 25.1 Å². The Morgan fingerprint density at radius 3 is 2.52 bits per heavy atom. The van der Waals surface area contributed by atoms with Crippen LogP contribution in [0.3, 0.4) is 0 Å². The summed E-state index contributed by atoms with van der Waals surface area (Å²) >= 11 is 0. The summed E-state index contributed by atoms with van der Waals surface area (Å²) < 4.78 is 15.7. The quantitative estimate of drug-likeness (QED) is 0.598. The molecule has 1 heterocycles. The van der Waals surface area contributed by atoms with Crippen molar-refractivity contribution in [2.45, 2.75) is 27.0 Å². The topological polar surface area (TPSA) is 52.6 Å². The van der Waals surface area contributed by atoms with Crippen molar-refractivity contribution in [3.63, 3.8) is 0 Å². The van der Waals surface area contributed by atoms with E-state index in [1.165, 1.54) is 5.56 Å². The minimum absolute atomic E-state index is 0.521. The van der Waals surface area contributed by atoms with Crippen LogP contribution in [0.15, 0.2) is 18.3 Å². The fourth-order valence-electron chi connectivity index (χ4n) is 1.69. The van der Waals surface area contributed by atoms with Gasteiger partial charge in [-0.2, -0.15) is 0 Å². The molecule has 21 heavy (non-hydrogen) atoms. The lowest BCUT2D eigenvalue weighted by Crippen LogP contribution is -2.19. The van der Waals surface area contributed by atoms with Crippen molar-refractivity contribution in [3.05, 3.63) is 29.6 Å². The molecule has 1 N–H and O–H groups in total. The minimum Gasteiger partial charge on any atom is -0.382 e. The number of hydrogen-bond acceptors (Lipinski definition) is 5. The molecule has 0 aromatic carbocycles. The van der Waals surface area contributed by atoms with E-state index in [1.807, 2.05) is 12.3 Å². The summed E-state index contributed by atoms with van der Waals surface area (Å²) in [4.78, 5) is 4.40. The van der Waals surface area contributed by atoms with Gasteiger partial charge in [0.05, 0.1) is 38.7 Å². The van der Waals surface area contributed by atoms with Crippen LogP contribution >= 0.6 is 0 Å². The Kier molecular flexibility index (Phi) is 9.99. The molecule has 1 rings (SSSR count). The normalized spacial score (nSPS) is 11.2. The van der Waals surface area contributed by atoms with Gasteiger partial charge in [0.1, 0.15) is 0 Å². The van der Waals surface area contributed by atoms with Crippen molar-refractivity contribution >= 4 is 0 Å². The number of rotatable bonds is 12. The number of hydrogen-bond donors (Lipinski definition) is 1. The highest BCUT2D eigenvalue weighted by molar-refractivity contribution is 5.13. The van der Waals surface area contributed by atoms with Crippen LogP contribution in [-0.2, 0) is 27.4 Å². The molecule has 0 atom stereocenters. The molecule has 120 valence electrons. The van der Waals surface area contributed by atoms with Gasteiger partial charge in [-0.25, -0.2) is 0 Å². The SMILES string of the molecule is COCCOCCOCc1ccc(CNCC(C)C)cn1. The molecule has 0 unspecified atom stereocenters. The number of methoxy groups -OCH3 is 1. The van der Waals surface area contributed by atoms with Gasteiger partial charge in [-0.1, -0.05) is 19.9 Å². The first kappa shape index (κ1) is 18.0. The molecule has 0 saturated carbocycles. The summed E-state index contributed by atoms with van der Waals surface area (Å²) in [5.74, 6) is 0.664. The lowest BCUT2D eigenvalue weighted by Gasteiger charge is -2.08. The van der Waals surface area contributed by atoms with Crippen molar-refractivity contribution in [3.8, 4) is 0 Å². The lowest BCUT2D eigenvalue weighted by molar-refractivity contribution is 0.0192. The van der Waals surface area contributed by atoms with Crippen LogP contribution in [-0.4, -0.2) is 45.1 Å². The van der Waals surface area contributed by atoms with E-state index in [9.17, 15) is 0 Å². The zero-order valence-electron chi connectivity index (χ0n) is 13.4. The van der Waals surface area contributed by atoms with E-state index in [2.05, 4.69) is 30.2 Å². The molecule has 0 aliphatic rings. The zero-order valence-corrected chi connectivity index (χ0v) is 13.4. The summed E-state index contributed by atoms with van der Waals surface area (Å²) in [6.07, 6.45) is 1.90. The second-order valence-corrected chi connectivity index (χ2v) is 5.34. The fraction of sp³-hybridized carbons (Fsp3) is 0.688. The summed E-state index contributed by atoms with van der Waals surface area (Å²) in [7, 11) is 1.66. The molecule has 0 aliphatic carbocycles. The van der Waals surface area contributed by atoms with Gasteiger partial charge in [-0.05, 0) is 24.1 Å². The van der Waals surface area contributed by atoms with E-state index in [0.29, 0.717) is 39.0 Å². The van der Waals surface area contributed by atoms with Gasteiger partial charge in [0.15, 0.2) is 0 Å². The maximum Gasteiger partial charge on any atom is 0.0889 e.